The van der Waals surface area contributed by atoms with Gasteiger partial charge in [-0.1, -0.05) is 0 Å². The van der Waals surface area contributed by atoms with Crippen molar-refractivity contribution >= 4 is 5.69 Å². The zero-order chi connectivity index (χ0) is 13.2. The average Bonchev–Trinajstić information content (AvgIpc) is 2.48. The summed E-state index contributed by atoms with van der Waals surface area (Å²) in [5.41, 5.74) is 1.09. The molecular weight excluding hydrogens is 240 g/mol. The quantitative estimate of drug-likeness (QED) is 0.902. The maximum absolute atomic E-state index is 5.32. The first-order valence-corrected chi connectivity index (χ1v) is 7.00. The summed E-state index contributed by atoms with van der Waals surface area (Å²) < 4.78 is 10.6. The van der Waals surface area contributed by atoms with Gasteiger partial charge in [0, 0.05) is 36.5 Å². The highest BCUT2D eigenvalue weighted by atomic mass is 16.5. The van der Waals surface area contributed by atoms with E-state index in [1.165, 1.54) is 25.9 Å². The molecule has 3 heterocycles. The molecule has 4 nitrogen and oxygen atoms in total. The van der Waals surface area contributed by atoms with Crippen LogP contribution in [0.4, 0.5) is 5.69 Å². The predicted molar refractivity (Wildman–Crippen MR) is 76.1 cm³/mol. The fourth-order valence-corrected chi connectivity index (χ4v) is 3.23. The molecule has 0 saturated carbocycles. The second kappa shape index (κ2) is 5.29. The first kappa shape index (κ1) is 12.6. The molecule has 3 aliphatic rings. The lowest BCUT2D eigenvalue weighted by Crippen LogP contribution is -2.53. The molecule has 0 spiro atoms. The van der Waals surface area contributed by atoms with Gasteiger partial charge in [-0.05, 0) is 31.8 Å². The Hall–Kier alpha value is -1.42. The van der Waals surface area contributed by atoms with Crippen LogP contribution in [0.25, 0.3) is 0 Å². The Bertz CT molecular complexity index is 420. The number of ether oxygens (including phenoxy) is 2. The molecule has 1 aromatic rings. The SMILES string of the molecule is COc1cc(NC2CN3CCC2CC3)cc(OC)c1. The van der Waals surface area contributed by atoms with Gasteiger partial charge in [0.1, 0.15) is 11.5 Å². The summed E-state index contributed by atoms with van der Waals surface area (Å²) in [6.07, 6.45) is 2.64. The highest BCUT2D eigenvalue weighted by molar-refractivity contribution is 5.54. The minimum Gasteiger partial charge on any atom is -0.497 e. The summed E-state index contributed by atoms with van der Waals surface area (Å²) in [4.78, 5) is 2.55. The van der Waals surface area contributed by atoms with Gasteiger partial charge in [0.05, 0.1) is 14.2 Å². The van der Waals surface area contributed by atoms with Gasteiger partial charge in [-0.15, -0.1) is 0 Å². The van der Waals surface area contributed by atoms with Crippen molar-refractivity contribution in [3.05, 3.63) is 18.2 Å². The van der Waals surface area contributed by atoms with Crippen molar-refractivity contribution in [2.45, 2.75) is 18.9 Å². The van der Waals surface area contributed by atoms with Crippen molar-refractivity contribution in [1.29, 1.82) is 0 Å². The summed E-state index contributed by atoms with van der Waals surface area (Å²) in [5, 5.41) is 3.66. The Labute approximate surface area is 114 Å². The second-order valence-corrected chi connectivity index (χ2v) is 5.49. The molecule has 2 bridgehead atoms. The van der Waals surface area contributed by atoms with E-state index in [9.17, 15) is 0 Å². The number of benzene rings is 1. The van der Waals surface area contributed by atoms with Gasteiger partial charge in [-0.25, -0.2) is 0 Å². The van der Waals surface area contributed by atoms with Crippen LogP contribution in [-0.4, -0.2) is 44.8 Å². The molecule has 3 fully saturated rings. The van der Waals surface area contributed by atoms with Gasteiger partial charge < -0.3 is 19.7 Å². The van der Waals surface area contributed by atoms with Gasteiger partial charge in [0.25, 0.3) is 0 Å². The topological polar surface area (TPSA) is 33.7 Å². The van der Waals surface area contributed by atoms with Gasteiger partial charge >= 0.3 is 0 Å². The number of piperidine rings is 3. The van der Waals surface area contributed by atoms with Crippen molar-refractivity contribution in [2.75, 3.05) is 39.2 Å². The lowest BCUT2D eigenvalue weighted by molar-refractivity contribution is 0.0975. The Morgan fingerprint density at radius 1 is 1.05 bits per heavy atom. The number of rotatable bonds is 4. The van der Waals surface area contributed by atoms with E-state index in [1.807, 2.05) is 18.2 Å². The first-order chi connectivity index (χ1) is 9.28. The summed E-state index contributed by atoms with van der Waals surface area (Å²) in [5.74, 6) is 2.48. The predicted octanol–water partition coefficient (Wildman–Crippen LogP) is 2.21. The molecule has 4 rings (SSSR count). The third-order valence-electron chi connectivity index (χ3n) is 4.36. The minimum absolute atomic E-state index is 0.555. The molecule has 0 radical (unpaired) electrons. The van der Waals surface area contributed by atoms with E-state index in [1.54, 1.807) is 14.2 Å². The van der Waals surface area contributed by atoms with Crippen LogP contribution in [-0.2, 0) is 0 Å². The molecule has 19 heavy (non-hydrogen) atoms. The summed E-state index contributed by atoms with van der Waals surface area (Å²) in [7, 11) is 3.37. The molecule has 4 heteroatoms. The van der Waals surface area contributed by atoms with Crippen LogP contribution in [0.3, 0.4) is 0 Å². The van der Waals surface area contributed by atoms with E-state index in [4.69, 9.17) is 9.47 Å². The fourth-order valence-electron chi connectivity index (χ4n) is 3.23. The van der Waals surface area contributed by atoms with Crippen LogP contribution in [0.2, 0.25) is 0 Å². The molecule has 1 atom stereocenters. The highest BCUT2D eigenvalue weighted by Crippen LogP contribution is 2.32. The van der Waals surface area contributed by atoms with Gasteiger partial charge in [-0.2, -0.15) is 0 Å². The number of hydrogen-bond acceptors (Lipinski definition) is 4. The smallest absolute Gasteiger partial charge is 0.124 e. The molecule has 1 N–H and O–H groups in total. The maximum atomic E-state index is 5.32. The third-order valence-corrected chi connectivity index (χ3v) is 4.36. The number of anilines is 1. The lowest BCUT2D eigenvalue weighted by Gasteiger charge is -2.45. The Morgan fingerprint density at radius 3 is 2.16 bits per heavy atom. The third kappa shape index (κ3) is 2.63. The van der Waals surface area contributed by atoms with E-state index in [2.05, 4.69) is 10.2 Å². The summed E-state index contributed by atoms with van der Waals surface area (Å²) >= 11 is 0. The number of hydrogen-bond donors (Lipinski definition) is 1. The molecule has 3 saturated heterocycles. The Morgan fingerprint density at radius 2 is 1.68 bits per heavy atom. The van der Waals surface area contributed by atoms with E-state index >= 15 is 0 Å². The Kier molecular flexibility index (Phi) is 3.51. The van der Waals surface area contributed by atoms with Crippen LogP contribution >= 0.6 is 0 Å². The molecule has 3 aliphatic heterocycles. The number of nitrogens with one attached hydrogen (secondary N) is 1. The number of nitrogens with zero attached hydrogens (tertiary/aromatic N) is 1. The van der Waals surface area contributed by atoms with E-state index < -0.39 is 0 Å². The molecule has 0 amide bonds. The van der Waals surface area contributed by atoms with Gasteiger partial charge in [-0.3, -0.25) is 0 Å². The summed E-state index contributed by atoms with van der Waals surface area (Å²) in [6, 6.07) is 6.54. The van der Waals surface area contributed by atoms with Crippen LogP contribution in [0.5, 0.6) is 11.5 Å². The van der Waals surface area contributed by atoms with Crippen molar-refractivity contribution in [1.82, 2.24) is 4.90 Å². The second-order valence-electron chi connectivity index (χ2n) is 5.49. The fraction of sp³-hybridized carbons (Fsp3) is 0.600. The number of methoxy groups -OCH3 is 2. The zero-order valence-electron chi connectivity index (χ0n) is 11.7. The summed E-state index contributed by atoms with van der Waals surface area (Å²) in [6.45, 7) is 3.69. The van der Waals surface area contributed by atoms with Crippen molar-refractivity contribution < 1.29 is 9.47 Å². The molecular formula is C15H22N2O2. The molecule has 0 aliphatic carbocycles. The monoisotopic (exact) mass is 262 g/mol. The van der Waals surface area contributed by atoms with Gasteiger partial charge in [0.2, 0.25) is 0 Å². The van der Waals surface area contributed by atoms with Gasteiger partial charge in [0.15, 0.2) is 0 Å². The standard InChI is InChI=1S/C15H22N2O2/c1-18-13-7-12(8-14(9-13)19-2)16-15-10-17-5-3-11(15)4-6-17/h7-9,11,15-16H,3-6,10H2,1-2H3. The normalized spacial score (nSPS) is 29.1. The molecule has 0 aromatic heterocycles. The molecule has 1 unspecified atom stereocenters. The van der Waals surface area contributed by atoms with Crippen molar-refractivity contribution in [3.63, 3.8) is 0 Å². The minimum atomic E-state index is 0.555. The molecule has 1 aromatic carbocycles. The van der Waals surface area contributed by atoms with Crippen LogP contribution in [0, 0.1) is 5.92 Å². The van der Waals surface area contributed by atoms with Crippen LogP contribution in [0.15, 0.2) is 18.2 Å². The number of fused-ring (bicyclic) bond motifs is 3. The largest absolute Gasteiger partial charge is 0.497 e. The average molecular weight is 262 g/mol. The maximum Gasteiger partial charge on any atom is 0.124 e. The van der Waals surface area contributed by atoms with Crippen molar-refractivity contribution in [2.24, 2.45) is 5.92 Å². The highest BCUT2D eigenvalue weighted by Gasteiger charge is 2.33. The van der Waals surface area contributed by atoms with Crippen LogP contribution in [0.1, 0.15) is 12.8 Å². The lowest BCUT2D eigenvalue weighted by atomic mass is 9.84. The zero-order valence-corrected chi connectivity index (χ0v) is 11.7. The van der Waals surface area contributed by atoms with E-state index in [-0.39, 0.29) is 0 Å². The molecule has 104 valence electrons. The van der Waals surface area contributed by atoms with Crippen LogP contribution < -0.4 is 14.8 Å². The van der Waals surface area contributed by atoms with Crippen molar-refractivity contribution in [3.8, 4) is 11.5 Å². The van der Waals surface area contributed by atoms with E-state index in [0.29, 0.717) is 6.04 Å². The first-order valence-electron chi connectivity index (χ1n) is 7.00. The van der Waals surface area contributed by atoms with E-state index in [0.717, 1.165) is 29.6 Å². The Balaban J connectivity index is 1.75.